The van der Waals surface area contributed by atoms with Crippen molar-refractivity contribution in [3.05, 3.63) is 23.4 Å². The molecule has 0 radical (unpaired) electrons. The lowest BCUT2D eigenvalue weighted by atomic mass is 10.1. The van der Waals surface area contributed by atoms with Gasteiger partial charge in [-0.2, -0.15) is 0 Å². The lowest BCUT2D eigenvalue weighted by Crippen LogP contribution is -2.40. The van der Waals surface area contributed by atoms with Crippen LogP contribution in [0, 0.1) is 6.92 Å². The van der Waals surface area contributed by atoms with Gasteiger partial charge in [-0.05, 0) is 50.4 Å². The highest BCUT2D eigenvalue weighted by atomic mass is 16.5. The van der Waals surface area contributed by atoms with Crippen molar-refractivity contribution in [2.45, 2.75) is 52.7 Å². The monoisotopic (exact) mass is 291 g/mol. The zero-order valence-corrected chi connectivity index (χ0v) is 13.7. The molecule has 4 nitrogen and oxygen atoms in total. The molecule has 0 aromatic carbocycles. The van der Waals surface area contributed by atoms with E-state index in [1.807, 2.05) is 0 Å². The highest BCUT2D eigenvalue weighted by Crippen LogP contribution is 2.21. The molecular formula is C17H29N3O. The average Bonchev–Trinajstić information content (AvgIpc) is 2.50. The molecule has 1 atom stereocenters. The first-order valence-corrected chi connectivity index (χ1v) is 8.27. The van der Waals surface area contributed by atoms with Crippen LogP contribution in [-0.4, -0.2) is 37.3 Å². The number of piperidine rings is 1. The number of anilines is 1. The normalized spacial score (nSPS) is 19.0. The molecule has 1 N–H and O–H groups in total. The van der Waals surface area contributed by atoms with Gasteiger partial charge in [0, 0.05) is 31.9 Å². The summed E-state index contributed by atoms with van der Waals surface area (Å²) >= 11 is 0. The van der Waals surface area contributed by atoms with Gasteiger partial charge in [0.05, 0.1) is 6.10 Å². The summed E-state index contributed by atoms with van der Waals surface area (Å²) in [6, 6.07) is 4.39. The minimum atomic E-state index is 0.359. The summed E-state index contributed by atoms with van der Waals surface area (Å²) in [7, 11) is 0. The topological polar surface area (TPSA) is 37.4 Å². The Labute approximate surface area is 128 Å². The van der Waals surface area contributed by atoms with E-state index in [1.165, 1.54) is 18.4 Å². The number of pyridine rings is 1. The molecule has 2 heterocycles. The molecule has 0 amide bonds. The van der Waals surface area contributed by atoms with Crippen molar-refractivity contribution in [3.8, 4) is 0 Å². The molecule has 0 saturated carbocycles. The summed E-state index contributed by atoms with van der Waals surface area (Å²) in [6.45, 7) is 11.2. The lowest BCUT2D eigenvalue weighted by molar-refractivity contribution is 0.0439. The number of nitrogens with zero attached hydrogens (tertiary/aromatic N) is 2. The summed E-state index contributed by atoms with van der Waals surface area (Å²) in [4.78, 5) is 7.10. The van der Waals surface area contributed by atoms with Crippen LogP contribution in [0.3, 0.4) is 0 Å². The molecule has 0 aliphatic carbocycles. The van der Waals surface area contributed by atoms with Crippen LogP contribution in [0.25, 0.3) is 0 Å². The zero-order valence-electron chi connectivity index (χ0n) is 13.7. The molecule has 1 saturated heterocycles. The van der Waals surface area contributed by atoms with E-state index >= 15 is 0 Å². The second-order valence-corrected chi connectivity index (χ2v) is 5.84. The van der Waals surface area contributed by atoms with Crippen LogP contribution in [-0.2, 0) is 11.3 Å². The SMILES string of the molecule is CCCOC1CCCN(c2cc(CNCC)cc(C)n2)C1. The van der Waals surface area contributed by atoms with Gasteiger partial charge >= 0.3 is 0 Å². The molecule has 1 aromatic rings. The number of hydrogen-bond donors (Lipinski definition) is 1. The van der Waals surface area contributed by atoms with Gasteiger partial charge in [0.15, 0.2) is 0 Å². The quantitative estimate of drug-likeness (QED) is 0.838. The van der Waals surface area contributed by atoms with Gasteiger partial charge in [-0.25, -0.2) is 4.98 Å². The predicted octanol–water partition coefficient (Wildman–Crippen LogP) is 2.89. The average molecular weight is 291 g/mol. The number of nitrogens with one attached hydrogen (secondary N) is 1. The van der Waals surface area contributed by atoms with Crippen molar-refractivity contribution < 1.29 is 4.74 Å². The van der Waals surface area contributed by atoms with Crippen LogP contribution in [0.4, 0.5) is 5.82 Å². The maximum atomic E-state index is 5.93. The van der Waals surface area contributed by atoms with Crippen LogP contribution in [0.15, 0.2) is 12.1 Å². The maximum Gasteiger partial charge on any atom is 0.129 e. The fourth-order valence-electron chi connectivity index (χ4n) is 2.82. The van der Waals surface area contributed by atoms with Crippen LogP contribution < -0.4 is 10.2 Å². The Bertz CT molecular complexity index is 436. The second-order valence-electron chi connectivity index (χ2n) is 5.84. The van der Waals surface area contributed by atoms with E-state index in [-0.39, 0.29) is 0 Å². The van der Waals surface area contributed by atoms with E-state index in [0.717, 1.165) is 50.7 Å². The summed E-state index contributed by atoms with van der Waals surface area (Å²) in [6.07, 6.45) is 3.81. The van der Waals surface area contributed by atoms with Gasteiger partial charge in [0.25, 0.3) is 0 Å². The molecule has 2 rings (SSSR count). The first-order valence-electron chi connectivity index (χ1n) is 8.27. The Morgan fingerprint density at radius 3 is 3.00 bits per heavy atom. The summed E-state index contributed by atoms with van der Waals surface area (Å²) < 4.78 is 5.93. The number of rotatable bonds is 7. The van der Waals surface area contributed by atoms with Crippen LogP contribution in [0.5, 0.6) is 0 Å². The van der Waals surface area contributed by atoms with Gasteiger partial charge < -0.3 is 15.0 Å². The second kappa shape index (κ2) is 8.35. The van der Waals surface area contributed by atoms with E-state index in [2.05, 4.69) is 43.1 Å². The third kappa shape index (κ3) is 4.97. The lowest BCUT2D eigenvalue weighted by Gasteiger charge is -2.33. The van der Waals surface area contributed by atoms with Crippen molar-refractivity contribution in [2.24, 2.45) is 0 Å². The van der Waals surface area contributed by atoms with Crippen molar-refractivity contribution in [3.63, 3.8) is 0 Å². The van der Waals surface area contributed by atoms with Crippen molar-refractivity contribution >= 4 is 5.82 Å². The Morgan fingerprint density at radius 1 is 1.38 bits per heavy atom. The Kier molecular flexibility index (Phi) is 6.46. The third-order valence-electron chi connectivity index (χ3n) is 3.84. The molecule has 1 aromatic heterocycles. The molecule has 1 aliphatic heterocycles. The Hall–Kier alpha value is -1.13. The number of hydrogen-bond acceptors (Lipinski definition) is 4. The van der Waals surface area contributed by atoms with E-state index in [0.29, 0.717) is 6.10 Å². The fraction of sp³-hybridized carbons (Fsp3) is 0.706. The fourth-order valence-corrected chi connectivity index (χ4v) is 2.82. The Morgan fingerprint density at radius 2 is 2.24 bits per heavy atom. The van der Waals surface area contributed by atoms with E-state index in [9.17, 15) is 0 Å². The summed E-state index contributed by atoms with van der Waals surface area (Å²) in [5.74, 6) is 1.10. The Balaban J connectivity index is 2.03. The minimum absolute atomic E-state index is 0.359. The smallest absolute Gasteiger partial charge is 0.129 e. The number of aromatic nitrogens is 1. The largest absolute Gasteiger partial charge is 0.376 e. The molecule has 0 spiro atoms. The number of aryl methyl sites for hydroxylation is 1. The van der Waals surface area contributed by atoms with Gasteiger partial charge in [0.1, 0.15) is 5.82 Å². The van der Waals surface area contributed by atoms with Gasteiger partial charge in [-0.3, -0.25) is 0 Å². The molecule has 21 heavy (non-hydrogen) atoms. The van der Waals surface area contributed by atoms with Crippen molar-refractivity contribution in [1.29, 1.82) is 0 Å². The molecule has 1 unspecified atom stereocenters. The van der Waals surface area contributed by atoms with E-state index in [1.54, 1.807) is 0 Å². The minimum Gasteiger partial charge on any atom is -0.376 e. The third-order valence-corrected chi connectivity index (χ3v) is 3.84. The van der Waals surface area contributed by atoms with Crippen LogP contribution in [0.2, 0.25) is 0 Å². The molecule has 1 fully saturated rings. The molecule has 0 bridgehead atoms. The summed E-state index contributed by atoms with van der Waals surface area (Å²) in [5.41, 5.74) is 2.41. The highest BCUT2D eigenvalue weighted by molar-refractivity contribution is 5.43. The predicted molar refractivity (Wildman–Crippen MR) is 87.8 cm³/mol. The van der Waals surface area contributed by atoms with Crippen LogP contribution >= 0.6 is 0 Å². The standard InChI is InChI=1S/C17H29N3O/c1-4-9-21-16-7-6-8-20(13-16)17-11-15(12-18-5-2)10-14(3)19-17/h10-11,16,18H,4-9,12-13H2,1-3H3. The first kappa shape index (κ1) is 16.2. The first-order chi connectivity index (χ1) is 10.2. The van der Waals surface area contributed by atoms with Gasteiger partial charge in [0.2, 0.25) is 0 Å². The van der Waals surface area contributed by atoms with Gasteiger partial charge in [-0.15, -0.1) is 0 Å². The molecular weight excluding hydrogens is 262 g/mol. The summed E-state index contributed by atoms with van der Waals surface area (Å²) in [5, 5.41) is 3.39. The van der Waals surface area contributed by atoms with E-state index < -0.39 is 0 Å². The molecule has 1 aliphatic rings. The van der Waals surface area contributed by atoms with Crippen molar-refractivity contribution in [1.82, 2.24) is 10.3 Å². The maximum absolute atomic E-state index is 5.93. The zero-order chi connectivity index (χ0) is 15.1. The van der Waals surface area contributed by atoms with Crippen LogP contribution in [0.1, 0.15) is 44.4 Å². The van der Waals surface area contributed by atoms with Gasteiger partial charge in [-0.1, -0.05) is 13.8 Å². The van der Waals surface area contributed by atoms with E-state index in [4.69, 9.17) is 9.72 Å². The van der Waals surface area contributed by atoms with Crippen molar-refractivity contribution in [2.75, 3.05) is 31.1 Å². The highest BCUT2D eigenvalue weighted by Gasteiger charge is 2.21. The number of ether oxygens (including phenoxy) is 1. The molecule has 4 heteroatoms. The molecule has 118 valence electrons.